The maximum Gasteiger partial charge on any atom is 0.159 e. The van der Waals surface area contributed by atoms with Crippen molar-refractivity contribution in [3.63, 3.8) is 0 Å². The van der Waals surface area contributed by atoms with Crippen LogP contribution < -0.4 is 0 Å². The van der Waals surface area contributed by atoms with Gasteiger partial charge in [0.1, 0.15) is 11.9 Å². The van der Waals surface area contributed by atoms with Gasteiger partial charge in [-0.1, -0.05) is 6.07 Å². The van der Waals surface area contributed by atoms with Gasteiger partial charge in [-0.05, 0) is 24.6 Å². The average Bonchev–Trinajstić information content (AvgIpc) is 2.82. The zero-order valence-electron chi connectivity index (χ0n) is 9.98. The Labute approximate surface area is 104 Å². The van der Waals surface area contributed by atoms with Crippen molar-refractivity contribution in [3.8, 4) is 0 Å². The van der Waals surface area contributed by atoms with Crippen LogP contribution in [0.2, 0.25) is 0 Å². The molecule has 1 N–H and O–H groups in total. The molecule has 0 spiro atoms. The zero-order valence-corrected chi connectivity index (χ0v) is 9.98. The third kappa shape index (κ3) is 2.56. The molecule has 0 bridgehead atoms. The maximum atomic E-state index is 13.0. The number of imidazole rings is 1. The monoisotopic (exact) mass is 252 g/mol. The summed E-state index contributed by atoms with van der Waals surface area (Å²) in [5.41, 5.74) is 0.534. The lowest BCUT2D eigenvalue weighted by atomic mass is 10.1. The maximum absolute atomic E-state index is 13.0. The van der Waals surface area contributed by atoms with Crippen molar-refractivity contribution < 1.29 is 13.9 Å². The Balaban J connectivity index is 2.16. The largest absolute Gasteiger partial charge is 0.385 e. The Bertz CT molecular complexity index is 540. The predicted octanol–water partition coefficient (Wildman–Crippen LogP) is 2.46. The highest BCUT2D eigenvalue weighted by Gasteiger charge is 2.14. The molecule has 0 aliphatic carbocycles. The first-order valence-electron chi connectivity index (χ1n) is 5.74. The van der Waals surface area contributed by atoms with E-state index in [1.807, 2.05) is 11.5 Å². The van der Waals surface area contributed by atoms with Gasteiger partial charge in [-0.25, -0.2) is 13.8 Å². The minimum Gasteiger partial charge on any atom is -0.385 e. The van der Waals surface area contributed by atoms with E-state index in [-0.39, 0.29) is 6.42 Å². The van der Waals surface area contributed by atoms with Gasteiger partial charge in [0.15, 0.2) is 11.6 Å². The molecular weight excluding hydrogens is 238 g/mol. The topological polar surface area (TPSA) is 38.0 Å². The van der Waals surface area contributed by atoms with E-state index in [1.54, 1.807) is 12.4 Å². The molecule has 1 aromatic heterocycles. The number of benzene rings is 1. The summed E-state index contributed by atoms with van der Waals surface area (Å²) in [6.07, 6.45) is 2.75. The van der Waals surface area contributed by atoms with E-state index in [0.29, 0.717) is 17.9 Å². The molecule has 1 unspecified atom stereocenters. The second-order valence-electron chi connectivity index (χ2n) is 4.04. The highest BCUT2D eigenvalue weighted by atomic mass is 19.2. The van der Waals surface area contributed by atoms with E-state index in [2.05, 4.69) is 4.98 Å². The molecule has 0 aliphatic rings. The van der Waals surface area contributed by atoms with Gasteiger partial charge in [0.05, 0.1) is 0 Å². The van der Waals surface area contributed by atoms with Gasteiger partial charge in [-0.15, -0.1) is 0 Å². The smallest absolute Gasteiger partial charge is 0.159 e. The van der Waals surface area contributed by atoms with Gasteiger partial charge >= 0.3 is 0 Å². The van der Waals surface area contributed by atoms with Crippen molar-refractivity contribution in [2.75, 3.05) is 0 Å². The Hall–Kier alpha value is -1.75. The van der Waals surface area contributed by atoms with E-state index in [9.17, 15) is 13.9 Å². The fourth-order valence-corrected chi connectivity index (χ4v) is 1.87. The van der Waals surface area contributed by atoms with E-state index >= 15 is 0 Å². The van der Waals surface area contributed by atoms with E-state index in [4.69, 9.17) is 0 Å². The van der Waals surface area contributed by atoms with Gasteiger partial charge in [-0.3, -0.25) is 0 Å². The second kappa shape index (κ2) is 5.27. The summed E-state index contributed by atoms with van der Waals surface area (Å²) in [4.78, 5) is 4.07. The van der Waals surface area contributed by atoms with Crippen molar-refractivity contribution >= 4 is 0 Å². The quantitative estimate of drug-likeness (QED) is 0.907. The fourth-order valence-electron chi connectivity index (χ4n) is 1.87. The van der Waals surface area contributed by atoms with Gasteiger partial charge in [0.2, 0.25) is 0 Å². The minimum atomic E-state index is -0.904. The molecular formula is C13H14F2N2O. The van der Waals surface area contributed by atoms with Gasteiger partial charge < -0.3 is 9.67 Å². The van der Waals surface area contributed by atoms with E-state index in [0.717, 1.165) is 12.1 Å². The number of hydrogen-bond donors (Lipinski definition) is 1. The first-order chi connectivity index (χ1) is 8.61. The highest BCUT2D eigenvalue weighted by molar-refractivity contribution is 5.19. The third-order valence-electron chi connectivity index (χ3n) is 2.80. The van der Waals surface area contributed by atoms with Crippen LogP contribution in [0, 0.1) is 11.6 Å². The lowest BCUT2D eigenvalue weighted by Gasteiger charge is -2.12. The molecule has 0 saturated heterocycles. The highest BCUT2D eigenvalue weighted by Crippen LogP contribution is 2.18. The number of hydrogen-bond acceptors (Lipinski definition) is 2. The first-order valence-corrected chi connectivity index (χ1v) is 5.74. The Kier molecular flexibility index (Phi) is 3.72. The van der Waals surface area contributed by atoms with E-state index < -0.39 is 17.7 Å². The molecule has 0 fully saturated rings. The van der Waals surface area contributed by atoms with Crippen LogP contribution in [0.5, 0.6) is 0 Å². The van der Waals surface area contributed by atoms with Crippen molar-refractivity contribution in [3.05, 3.63) is 53.6 Å². The zero-order chi connectivity index (χ0) is 13.1. The molecule has 0 saturated carbocycles. The van der Waals surface area contributed by atoms with Crippen LogP contribution in [-0.4, -0.2) is 14.7 Å². The SMILES string of the molecule is CCn1ccnc1C(O)Cc1ccc(F)c(F)c1. The number of aromatic nitrogens is 2. The van der Waals surface area contributed by atoms with Crippen LogP contribution in [0.4, 0.5) is 8.78 Å². The van der Waals surface area contributed by atoms with Gasteiger partial charge in [-0.2, -0.15) is 0 Å². The molecule has 1 heterocycles. The van der Waals surface area contributed by atoms with Crippen molar-refractivity contribution in [1.29, 1.82) is 0 Å². The summed E-state index contributed by atoms with van der Waals surface area (Å²) < 4.78 is 27.6. The number of rotatable bonds is 4. The lowest BCUT2D eigenvalue weighted by Crippen LogP contribution is -2.10. The Morgan fingerprint density at radius 2 is 2.11 bits per heavy atom. The molecule has 1 aromatic carbocycles. The van der Waals surface area contributed by atoms with Crippen molar-refractivity contribution in [2.24, 2.45) is 0 Å². The Morgan fingerprint density at radius 1 is 1.33 bits per heavy atom. The Morgan fingerprint density at radius 3 is 2.78 bits per heavy atom. The third-order valence-corrected chi connectivity index (χ3v) is 2.80. The molecule has 2 aromatic rings. The fraction of sp³-hybridized carbons (Fsp3) is 0.308. The average molecular weight is 252 g/mol. The molecule has 5 heteroatoms. The molecule has 2 rings (SSSR count). The van der Waals surface area contributed by atoms with Crippen LogP contribution in [0.1, 0.15) is 24.4 Å². The van der Waals surface area contributed by atoms with Gasteiger partial charge in [0, 0.05) is 25.4 Å². The number of aliphatic hydroxyl groups is 1. The minimum absolute atomic E-state index is 0.203. The molecule has 1 atom stereocenters. The molecule has 18 heavy (non-hydrogen) atoms. The normalized spacial score (nSPS) is 12.7. The molecule has 0 aliphatic heterocycles. The summed E-state index contributed by atoms with van der Waals surface area (Å²) in [5, 5.41) is 10.0. The summed E-state index contributed by atoms with van der Waals surface area (Å²) >= 11 is 0. The number of aliphatic hydroxyl groups excluding tert-OH is 1. The van der Waals surface area contributed by atoms with Crippen LogP contribution >= 0.6 is 0 Å². The number of nitrogens with zero attached hydrogens (tertiary/aromatic N) is 2. The number of halogens is 2. The van der Waals surface area contributed by atoms with Gasteiger partial charge in [0.25, 0.3) is 0 Å². The standard InChI is InChI=1S/C13H14F2N2O/c1-2-17-6-5-16-13(17)12(18)8-9-3-4-10(14)11(15)7-9/h3-7,12,18H,2,8H2,1H3. The van der Waals surface area contributed by atoms with Crippen molar-refractivity contribution in [2.45, 2.75) is 26.0 Å². The lowest BCUT2D eigenvalue weighted by molar-refractivity contribution is 0.163. The van der Waals surface area contributed by atoms with E-state index in [1.165, 1.54) is 6.07 Å². The summed E-state index contributed by atoms with van der Waals surface area (Å²) in [5.74, 6) is -1.26. The summed E-state index contributed by atoms with van der Waals surface area (Å²) in [6.45, 7) is 2.64. The number of aryl methyl sites for hydroxylation is 1. The predicted molar refractivity (Wildman–Crippen MR) is 62.9 cm³/mol. The summed E-state index contributed by atoms with van der Waals surface area (Å²) in [6, 6.07) is 3.61. The van der Waals surface area contributed by atoms with Crippen LogP contribution in [0.15, 0.2) is 30.6 Å². The molecule has 3 nitrogen and oxygen atoms in total. The van der Waals surface area contributed by atoms with Crippen LogP contribution in [-0.2, 0) is 13.0 Å². The van der Waals surface area contributed by atoms with Crippen LogP contribution in [0.25, 0.3) is 0 Å². The molecule has 0 amide bonds. The molecule has 96 valence electrons. The molecule has 0 radical (unpaired) electrons. The van der Waals surface area contributed by atoms with Crippen molar-refractivity contribution in [1.82, 2.24) is 9.55 Å². The summed E-state index contributed by atoms with van der Waals surface area (Å²) in [7, 11) is 0. The first kappa shape index (κ1) is 12.7. The van der Waals surface area contributed by atoms with Crippen LogP contribution in [0.3, 0.4) is 0 Å². The second-order valence-corrected chi connectivity index (χ2v) is 4.04.